The lowest BCUT2D eigenvalue weighted by atomic mass is 9.96. The van der Waals surface area contributed by atoms with Crippen molar-refractivity contribution < 1.29 is 9.47 Å². The molecule has 0 aliphatic carbocycles. The van der Waals surface area contributed by atoms with Gasteiger partial charge in [-0.05, 0) is 47.4 Å². The van der Waals surface area contributed by atoms with E-state index >= 15 is 0 Å². The van der Waals surface area contributed by atoms with Gasteiger partial charge in [-0.2, -0.15) is 0 Å². The van der Waals surface area contributed by atoms with E-state index in [4.69, 9.17) is 9.47 Å². The molecule has 0 radical (unpaired) electrons. The molecule has 0 aliphatic rings. The van der Waals surface area contributed by atoms with E-state index in [0.717, 1.165) is 28.0 Å². The second kappa shape index (κ2) is 7.00. The first-order valence-corrected chi connectivity index (χ1v) is 6.92. The van der Waals surface area contributed by atoms with Crippen LogP contribution in [0.15, 0.2) is 16.6 Å². The average Bonchev–Trinajstić information content (AvgIpc) is 2.35. The van der Waals surface area contributed by atoms with E-state index in [1.807, 2.05) is 13.1 Å². The predicted octanol–water partition coefficient (Wildman–Crippen LogP) is 3.77. The van der Waals surface area contributed by atoms with Gasteiger partial charge in [-0.25, -0.2) is 0 Å². The zero-order chi connectivity index (χ0) is 13.7. The van der Waals surface area contributed by atoms with E-state index in [1.165, 1.54) is 0 Å². The number of hydrogen-bond donors (Lipinski definition) is 1. The predicted molar refractivity (Wildman–Crippen MR) is 78.5 cm³/mol. The monoisotopic (exact) mass is 315 g/mol. The molecule has 1 aromatic carbocycles. The van der Waals surface area contributed by atoms with Crippen molar-refractivity contribution in [1.82, 2.24) is 5.32 Å². The average molecular weight is 316 g/mol. The van der Waals surface area contributed by atoms with Crippen LogP contribution in [-0.4, -0.2) is 21.3 Å². The molecule has 0 amide bonds. The van der Waals surface area contributed by atoms with Gasteiger partial charge in [0.2, 0.25) is 0 Å². The van der Waals surface area contributed by atoms with Crippen LogP contribution < -0.4 is 14.8 Å². The number of rotatable bonds is 6. The van der Waals surface area contributed by atoms with Crippen molar-refractivity contribution in [2.45, 2.75) is 26.3 Å². The van der Waals surface area contributed by atoms with Gasteiger partial charge in [-0.1, -0.05) is 13.8 Å². The third kappa shape index (κ3) is 3.39. The van der Waals surface area contributed by atoms with Crippen LogP contribution in [0, 0.1) is 5.92 Å². The van der Waals surface area contributed by atoms with E-state index in [0.29, 0.717) is 5.92 Å². The topological polar surface area (TPSA) is 30.5 Å². The van der Waals surface area contributed by atoms with Crippen molar-refractivity contribution in [3.63, 3.8) is 0 Å². The fraction of sp³-hybridized carbons (Fsp3) is 0.571. The molecule has 0 aromatic heterocycles. The van der Waals surface area contributed by atoms with Gasteiger partial charge in [0, 0.05) is 11.6 Å². The summed E-state index contributed by atoms with van der Waals surface area (Å²) in [5, 5.41) is 3.35. The lowest BCUT2D eigenvalue weighted by Gasteiger charge is -2.22. The largest absolute Gasteiger partial charge is 0.495 e. The van der Waals surface area contributed by atoms with Crippen LogP contribution >= 0.6 is 15.9 Å². The first-order valence-electron chi connectivity index (χ1n) is 6.12. The summed E-state index contributed by atoms with van der Waals surface area (Å²) < 4.78 is 11.7. The molecule has 1 rings (SSSR count). The third-order valence-electron chi connectivity index (χ3n) is 2.95. The van der Waals surface area contributed by atoms with Gasteiger partial charge in [0.1, 0.15) is 16.0 Å². The zero-order valence-electron chi connectivity index (χ0n) is 11.7. The number of halogens is 1. The SMILES string of the molecule is CNC(CC(C)C)c1ccc(OC)c(Br)c1OC. The molecule has 3 nitrogen and oxygen atoms in total. The summed E-state index contributed by atoms with van der Waals surface area (Å²) in [4.78, 5) is 0. The van der Waals surface area contributed by atoms with Gasteiger partial charge in [-0.15, -0.1) is 0 Å². The molecular formula is C14H22BrNO2. The molecule has 1 N–H and O–H groups in total. The molecule has 0 fully saturated rings. The highest BCUT2D eigenvalue weighted by Gasteiger charge is 2.20. The van der Waals surface area contributed by atoms with Gasteiger partial charge >= 0.3 is 0 Å². The maximum absolute atomic E-state index is 5.52. The van der Waals surface area contributed by atoms with Crippen molar-refractivity contribution in [3.05, 3.63) is 22.2 Å². The summed E-state index contributed by atoms with van der Waals surface area (Å²) in [5.74, 6) is 2.25. The smallest absolute Gasteiger partial charge is 0.141 e. The van der Waals surface area contributed by atoms with Crippen LogP contribution in [0.5, 0.6) is 11.5 Å². The van der Waals surface area contributed by atoms with Crippen LogP contribution in [-0.2, 0) is 0 Å². The molecule has 1 unspecified atom stereocenters. The molecule has 0 saturated heterocycles. The molecule has 18 heavy (non-hydrogen) atoms. The molecule has 4 heteroatoms. The second-order valence-electron chi connectivity index (χ2n) is 4.68. The van der Waals surface area contributed by atoms with E-state index < -0.39 is 0 Å². The van der Waals surface area contributed by atoms with Crippen LogP contribution in [0.3, 0.4) is 0 Å². The molecule has 0 heterocycles. The molecular weight excluding hydrogens is 294 g/mol. The first kappa shape index (κ1) is 15.3. The van der Waals surface area contributed by atoms with Crippen LogP contribution in [0.1, 0.15) is 31.9 Å². The van der Waals surface area contributed by atoms with Gasteiger partial charge in [0.25, 0.3) is 0 Å². The van der Waals surface area contributed by atoms with E-state index in [1.54, 1.807) is 14.2 Å². The van der Waals surface area contributed by atoms with Crippen molar-refractivity contribution in [1.29, 1.82) is 0 Å². The first-order chi connectivity index (χ1) is 8.54. The van der Waals surface area contributed by atoms with Crippen molar-refractivity contribution in [3.8, 4) is 11.5 Å². The normalized spacial score (nSPS) is 12.6. The quantitative estimate of drug-likeness (QED) is 0.866. The standard InChI is InChI=1S/C14H22BrNO2/c1-9(2)8-11(16-3)10-6-7-12(17-4)13(15)14(10)18-5/h6-7,9,11,16H,8H2,1-5H3. The lowest BCUT2D eigenvalue weighted by Crippen LogP contribution is -2.19. The molecule has 0 saturated carbocycles. The molecule has 0 spiro atoms. The third-order valence-corrected chi connectivity index (χ3v) is 3.70. The summed E-state index contributed by atoms with van der Waals surface area (Å²) in [6.45, 7) is 4.44. The maximum atomic E-state index is 5.52. The van der Waals surface area contributed by atoms with Gasteiger partial charge < -0.3 is 14.8 Å². The van der Waals surface area contributed by atoms with Crippen LogP contribution in [0.4, 0.5) is 0 Å². The summed E-state index contributed by atoms with van der Waals surface area (Å²) in [6, 6.07) is 4.31. The molecule has 0 aliphatic heterocycles. The Morgan fingerprint density at radius 2 is 1.89 bits per heavy atom. The minimum atomic E-state index is 0.280. The zero-order valence-corrected chi connectivity index (χ0v) is 13.3. The minimum absolute atomic E-state index is 0.280. The Balaban J connectivity index is 3.18. The Bertz CT molecular complexity index is 394. The Morgan fingerprint density at radius 3 is 2.33 bits per heavy atom. The van der Waals surface area contributed by atoms with Crippen LogP contribution in [0.2, 0.25) is 0 Å². The maximum Gasteiger partial charge on any atom is 0.141 e. The number of hydrogen-bond acceptors (Lipinski definition) is 3. The van der Waals surface area contributed by atoms with E-state index in [-0.39, 0.29) is 6.04 Å². The number of ether oxygens (including phenoxy) is 2. The fourth-order valence-corrected chi connectivity index (χ4v) is 2.75. The van der Waals surface area contributed by atoms with Crippen molar-refractivity contribution in [2.75, 3.05) is 21.3 Å². The highest BCUT2D eigenvalue weighted by Crippen LogP contribution is 2.40. The van der Waals surface area contributed by atoms with Crippen molar-refractivity contribution >= 4 is 15.9 Å². The Hall–Kier alpha value is -0.740. The van der Waals surface area contributed by atoms with E-state index in [9.17, 15) is 0 Å². The summed E-state index contributed by atoms with van der Waals surface area (Å²) in [6.07, 6.45) is 1.06. The van der Waals surface area contributed by atoms with Gasteiger partial charge in [-0.3, -0.25) is 0 Å². The summed E-state index contributed by atoms with van der Waals surface area (Å²) in [5.41, 5.74) is 1.15. The number of nitrogens with one attached hydrogen (secondary N) is 1. The number of benzene rings is 1. The second-order valence-corrected chi connectivity index (χ2v) is 5.47. The molecule has 102 valence electrons. The molecule has 1 aromatic rings. The summed E-state index contributed by atoms with van der Waals surface area (Å²) in [7, 11) is 5.32. The Morgan fingerprint density at radius 1 is 1.22 bits per heavy atom. The molecule has 1 atom stereocenters. The van der Waals surface area contributed by atoms with Gasteiger partial charge in [0.05, 0.1) is 14.2 Å². The Labute approximate surface area is 118 Å². The lowest BCUT2D eigenvalue weighted by molar-refractivity contribution is 0.373. The highest BCUT2D eigenvalue weighted by atomic mass is 79.9. The van der Waals surface area contributed by atoms with E-state index in [2.05, 4.69) is 41.2 Å². The number of methoxy groups -OCH3 is 2. The van der Waals surface area contributed by atoms with Crippen LogP contribution in [0.25, 0.3) is 0 Å². The fourth-order valence-electron chi connectivity index (χ4n) is 2.06. The van der Waals surface area contributed by atoms with Crippen molar-refractivity contribution in [2.24, 2.45) is 5.92 Å². The summed E-state index contributed by atoms with van der Waals surface area (Å²) >= 11 is 3.54. The van der Waals surface area contributed by atoms with Gasteiger partial charge in [0.15, 0.2) is 0 Å². The molecule has 0 bridgehead atoms. The minimum Gasteiger partial charge on any atom is -0.495 e. The Kier molecular flexibility index (Phi) is 5.96. The highest BCUT2D eigenvalue weighted by molar-refractivity contribution is 9.10.